The molecule has 68 valence electrons. The fraction of sp³-hybridized carbons (Fsp3) is 0.889. The van der Waals surface area contributed by atoms with Gasteiger partial charge in [0.25, 0.3) is 0 Å². The molecule has 0 aromatic carbocycles. The summed E-state index contributed by atoms with van der Waals surface area (Å²) in [5.41, 5.74) is 0. The highest BCUT2D eigenvalue weighted by atomic mass is 16.5. The molecule has 3 nitrogen and oxygen atoms in total. The number of esters is 1. The number of ether oxygens (including phenoxy) is 1. The third-order valence-corrected chi connectivity index (χ3v) is 3.09. The normalized spacial score (nSPS) is 38.6. The molecular weight excluding hydrogens is 154 g/mol. The van der Waals surface area contributed by atoms with Gasteiger partial charge in [0, 0.05) is 12.3 Å². The van der Waals surface area contributed by atoms with Crippen molar-refractivity contribution in [3.63, 3.8) is 0 Å². The molecule has 3 heteroatoms. The number of hydrogen-bond donors (Lipinski definition) is 1. The quantitative estimate of drug-likeness (QED) is 0.544. The Kier molecular flexibility index (Phi) is 2.05. The lowest BCUT2D eigenvalue weighted by Gasteiger charge is -2.16. The molecule has 0 spiro atoms. The second kappa shape index (κ2) is 3.05. The zero-order chi connectivity index (χ0) is 8.55. The van der Waals surface area contributed by atoms with E-state index in [4.69, 9.17) is 4.74 Å². The van der Waals surface area contributed by atoms with E-state index in [2.05, 4.69) is 0 Å². The molecule has 0 saturated carbocycles. The molecule has 0 aromatic rings. The van der Waals surface area contributed by atoms with Gasteiger partial charge in [0.05, 0.1) is 26.2 Å². The van der Waals surface area contributed by atoms with Crippen LogP contribution in [-0.4, -0.2) is 32.2 Å². The van der Waals surface area contributed by atoms with Gasteiger partial charge in [0.2, 0.25) is 0 Å². The minimum atomic E-state index is 0.0391. The van der Waals surface area contributed by atoms with Crippen LogP contribution in [-0.2, 0) is 9.53 Å². The number of rotatable bonds is 2. The molecule has 2 fully saturated rings. The molecule has 1 N–H and O–H groups in total. The minimum absolute atomic E-state index is 0.0391. The lowest BCUT2D eigenvalue weighted by atomic mass is 9.93. The summed E-state index contributed by atoms with van der Waals surface area (Å²) in [6.07, 6.45) is 1.22. The fourth-order valence-electron chi connectivity index (χ4n) is 2.50. The summed E-state index contributed by atoms with van der Waals surface area (Å²) in [6.45, 7) is 5.88. The summed E-state index contributed by atoms with van der Waals surface area (Å²) in [7, 11) is 0. The van der Waals surface area contributed by atoms with Gasteiger partial charge in [-0.1, -0.05) is 0 Å². The lowest BCUT2D eigenvalue weighted by molar-refractivity contribution is -0.880. The summed E-state index contributed by atoms with van der Waals surface area (Å²) in [5.74, 6) is 0.880. The maximum Gasteiger partial charge on any atom is 0.315 e. The van der Waals surface area contributed by atoms with Crippen LogP contribution in [0.1, 0.15) is 13.3 Å². The third kappa shape index (κ3) is 1.22. The highest BCUT2D eigenvalue weighted by molar-refractivity contribution is 5.73. The largest absolute Gasteiger partial charge is 0.466 e. The average molecular weight is 170 g/mol. The number of quaternary nitrogens is 1. The molecule has 2 aliphatic rings. The number of carbonyl (C=O) groups is 1. The number of hydrogen-bond acceptors (Lipinski definition) is 2. The van der Waals surface area contributed by atoms with Crippen molar-refractivity contribution < 1.29 is 14.4 Å². The van der Waals surface area contributed by atoms with Gasteiger partial charge in [-0.25, -0.2) is 0 Å². The highest BCUT2D eigenvalue weighted by Crippen LogP contribution is 2.22. The van der Waals surface area contributed by atoms with Gasteiger partial charge in [-0.15, -0.1) is 0 Å². The number of fused-ring (bicyclic) bond motifs is 2. The number of nitrogens with one attached hydrogen (secondary N) is 1. The molecule has 3 atom stereocenters. The van der Waals surface area contributed by atoms with Gasteiger partial charge in [0.1, 0.15) is 5.92 Å². The van der Waals surface area contributed by atoms with Gasteiger partial charge in [0.15, 0.2) is 0 Å². The smallest absolute Gasteiger partial charge is 0.315 e. The Morgan fingerprint density at radius 2 is 2.42 bits per heavy atom. The maximum absolute atomic E-state index is 11.4. The van der Waals surface area contributed by atoms with E-state index in [0.717, 1.165) is 6.54 Å². The fourth-order valence-corrected chi connectivity index (χ4v) is 2.50. The van der Waals surface area contributed by atoms with E-state index in [1.807, 2.05) is 6.92 Å². The number of carbonyl (C=O) groups excluding carboxylic acids is 1. The summed E-state index contributed by atoms with van der Waals surface area (Å²) in [6, 6.07) is 0. The van der Waals surface area contributed by atoms with E-state index in [-0.39, 0.29) is 11.9 Å². The van der Waals surface area contributed by atoms with Crippen molar-refractivity contribution in [3.8, 4) is 0 Å². The van der Waals surface area contributed by atoms with Crippen LogP contribution in [0.4, 0.5) is 0 Å². The van der Waals surface area contributed by atoms with Crippen molar-refractivity contribution in [3.05, 3.63) is 0 Å². The Bertz CT molecular complexity index is 193. The molecule has 2 aliphatic heterocycles. The van der Waals surface area contributed by atoms with Crippen molar-refractivity contribution in [1.29, 1.82) is 0 Å². The second-order valence-corrected chi connectivity index (χ2v) is 3.82. The van der Waals surface area contributed by atoms with E-state index in [1.165, 1.54) is 19.5 Å². The first kappa shape index (κ1) is 8.05. The van der Waals surface area contributed by atoms with Gasteiger partial charge in [-0.3, -0.25) is 4.79 Å². The molecule has 2 bridgehead atoms. The zero-order valence-electron chi connectivity index (χ0n) is 7.51. The molecule has 0 aromatic heterocycles. The molecule has 2 rings (SSSR count). The second-order valence-electron chi connectivity index (χ2n) is 3.82. The van der Waals surface area contributed by atoms with E-state index in [0.29, 0.717) is 12.5 Å². The van der Waals surface area contributed by atoms with E-state index in [1.54, 1.807) is 4.90 Å². The van der Waals surface area contributed by atoms with Crippen molar-refractivity contribution in [2.75, 3.05) is 26.2 Å². The predicted octanol–water partition coefficient (Wildman–Crippen LogP) is -0.916. The summed E-state index contributed by atoms with van der Waals surface area (Å²) in [5, 5.41) is 0. The SMILES string of the molecule is CCOC(=O)[C@@H]1C[NH+]2CC[C@H]1C2. The first-order valence-electron chi connectivity index (χ1n) is 4.81. The van der Waals surface area contributed by atoms with Crippen LogP contribution in [0.5, 0.6) is 0 Å². The lowest BCUT2D eigenvalue weighted by Crippen LogP contribution is -3.09. The standard InChI is InChI=1S/C9H15NO2/c1-2-12-9(11)8-6-10-4-3-7(8)5-10/h7-8H,2-6H2,1H3/p+1/t7-,8+/m0/s1. The van der Waals surface area contributed by atoms with Crippen molar-refractivity contribution in [1.82, 2.24) is 0 Å². The van der Waals surface area contributed by atoms with Crippen LogP contribution < -0.4 is 4.90 Å². The minimum Gasteiger partial charge on any atom is -0.466 e. The molecule has 1 unspecified atom stereocenters. The Labute approximate surface area is 72.7 Å². The van der Waals surface area contributed by atoms with Crippen LogP contribution in [0.3, 0.4) is 0 Å². The monoisotopic (exact) mass is 170 g/mol. The Morgan fingerprint density at radius 3 is 2.92 bits per heavy atom. The van der Waals surface area contributed by atoms with E-state index in [9.17, 15) is 4.79 Å². The van der Waals surface area contributed by atoms with Crippen LogP contribution in [0.15, 0.2) is 0 Å². The molecule has 12 heavy (non-hydrogen) atoms. The van der Waals surface area contributed by atoms with Crippen LogP contribution in [0.25, 0.3) is 0 Å². The van der Waals surface area contributed by atoms with Crippen molar-refractivity contribution in [2.24, 2.45) is 11.8 Å². The zero-order valence-corrected chi connectivity index (χ0v) is 7.51. The van der Waals surface area contributed by atoms with E-state index >= 15 is 0 Å². The molecule has 0 radical (unpaired) electrons. The Hall–Kier alpha value is -0.570. The summed E-state index contributed by atoms with van der Waals surface area (Å²) >= 11 is 0. The van der Waals surface area contributed by atoms with E-state index < -0.39 is 0 Å². The summed E-state index contributed by atoms with van der Waals surface area (Å²) < 4.78 is 5.03. The van der Waals surface area contributed by atoms with Gasteiger partial charge in [-0.2, -0.15) is 0 Å². The topological polar surface area (TPSA) is 30.7 Å². The predicted molar refractivity (Wildman–Crippen MR) is 43.8 cm³/mol. The molecule has 2 heterocycles. The van der Waals surface area contributed by atoms with Gasteiger partial charge < -0.3 is 9.64 Å². The summed E-state index contributed by atoms with van der Waals surface area (Å²) in [4.78, 5) is 13.0. The molecule has 0 amide bonds. The Balaban J connectivity index is 1.93. The molecule has 0 aliphatic carbocycles. The van der Waals surface area contributed by atoms with Crippen LogP contribution in [0.2, 0.25) is 0 Å². The van der Waals surface area contributed by atoms with Gasteiger partial charge >= 0.3 is 5.97 Å². The van der Waals surface area contributed by atoms with Gasteiger partial charge in [-0.05, 0) is 6.92 Å². The third-order valence-electron chi connectivity index (χ3n) is 3.09. The first-order valence-corrected chi connectivity index (χ1v) is 4.81. The molecular formula is C9H16NO2+. The van der Waals surface area contributed by atoms with Crippen molar-refractivity contribution in [2.45, 2.75) is 13.3 Å². The van der Waals surface area contributed by atoms with Crippen molar-refractivity contribution >= 4 is 5.97 Å². The highest BCUT2D eigenvalue weighted by Gasteiger charge is 2.46. The first-order chi connectivity index (χ1) is 5.81. The Morgan fingerprint density at radius 1 is 1.58 bits per heavy atom. The molecule has 2 saturated heterocycles. The maximum atomic E-state index is 11.4. The van der Waals surface area contributed by atoms with Crippen LogP contribution >= 0.6 is 0 Å². The average Bonchev–Trinajstić information content (AvgIpc) is 2.64. The van der Waals surface area contributed by atoms with Crippen LogP contribution in [0, 0.1) is 11.8 Å². The number of piperidine rings is 1.